The van der Waals surface area contributed by atoms with Crippen molar-refractivity contribution in [3.8, 4) is 5.75 Å². The number of rotatable bonds is 2. The molecule has 0 bridgehead atoms. The maximum Gasteiger partial charge on any atom is 0.424 e. The van der Waals surface area contributed by atoms with Gasteiger partial charge in [0.15, 0.2) is 5.57 Å². The van der Waals surface area contributed by atoms with Crippen LogP contribution in [0.2, 0.25) is 0 Å². The minimum absolute atomic E-state index is 0.0963. The largest absolute Gasteiger partial charge is 0.461 e. The summed E-state index contributed by atoms with van der Waals surface area (Å²) in [5.41, 5.74) is -2.64. The molecule has 0 aliphatic carbocycles. The van der Waals surface area contributed by atoms with E-state index < -0.39 is 23.7 Å². The van der Waals surface area contributed by atoms with Gasteiger partial charge in [-0.15, -0.1) is 0 Å². The summed E-state index contributed by atoms with van der Waals surface area (Å²) in [6, 6.07) is 6.94. The molecule has 0 aliphatic heterocycles. The molecular weight excluding hydrogens is 346 g/mol. The first-order valence-corrected chi connectivity index (χ1v) is 8.12. The molecule has 1 nitrogen and oxygen atoms in total. The molecule has 1 aromatic rings. The molecule has 1 rings (SSSR count). The van der Waals surface area contributed by atoms with Crippen LogP contribution in [-0.2, 0) is 0 Å². The van der Waals surface area contributed by atoms with Gasteiger partial charge in [-0.05, 0) is 19.1 Å². The Labute approximate surface area is 146 Å². The molecule has 0 unspecified atom stereocenters. The van der Waals surface area contributed by atoms with Crippen molar-refractivity contribution in [2.45, 2.75) is 67.2 Å². The molecule has 0 heterocycles. The average Bonchev–Trinajstić information content (AvgIpc) is 2.50. The molecule has 7 heteroatoms. The van der Waals surface area contributed by atoms with E-state index in [9.17, 15) is 26.3 Å². The molecule has 0 spiro atoms. The summed E-state index contributed by atoms with van der Waals surface area (Å²) in [5, 5.41) is 0. The fraction of sp³-hybridized carbons (Fsp3) is 0.556. The molecule has 0 fully saturated rings. The third kappa shape index (κ3) is 13.3. The van der Waals surface area contributed by atoms with Crippen LogP contribution in [0.4, 0.5) is 26.3 Å². The highest BCUT2D eigenvalue weighted by atomic mass is 19.4. The van der Waals surface area contributed by atoms with E-state index in [1.807, 2.05) is 27.7 Å². The summed E-state index contributed by atoms with van der Waals surface area (Å²) >= 11 is 0. The number of para-hydroxylation sites is 1. The Kier molecular flexibility index (Phi) is 16.5. The van der Waals surface area contributed by atoms with E-state index >= 15 is 0 Å². The maximum absolute atomic E-state index is 12.3. The van der Waals surface area contributed by atoms with E-state index in [2.05, 4.69) is 18.6 Å². The quantitative estimate of drug-likeness (QED) is 0.377. The molecule has 0 radical (unpaired) electrons. The zero-order valence-electron chi connectivity index (χ0n) is 15.8. The summed E-state index contributed by atoms with van der Waals surface area (Å²) in [6.45, 7) is 12.9. The van der Waals surface area contributed by atoms with Crippen LogP contribution in [0.15, 0.2) is 41.7 Å². The average molecular weight is 374 g/mol. The minimum atomic E-state index is -5.52. The minimum Gasteiger partial charge on any atom is -0.461 e. The predicted octanol–water partition coefficient (Wildman–Crippen LogP) is 7.93. The Morgan fingerprint density at radius 2 is 1.12 bits per heavy atom. The fourth-order valence-electron chi connectivity index (χ4n) is 1.28. The Morgan fingerprint density at radius 1 is 0.800 bits per heavy atom. The number of hydrogen-bond acceptors (Lipinski definition) is 1. The molecule has 0 saturated heterocycles. The number of allylic oxidation sites excluding steroid dienone is 2. The van der Waals surface area contributed by atoms with E-state index in [0.29, 0.717) is 6.92 Å². The van der Waals surface area contributed by atoms with Gasteiger partial charge in [-0.1, -0.05) is 66.2 Å². The molecule has 0 N–H and O–H groups in total. The number of hydrogen-bond donors (Lipinski definition) is 0. The molecule has 0 aromatic heterocycles. The second kappa shape index (κ2) is 14.7. The highest BCUT2D eigenvalue weighted by Crippen LogP contribution is 2.40. The predicted molar refractivity (Wildman–Crippen MR) is 90.5 cm³/mol. The van der Waals surface area contributed by atoms with Crippen molar-refractivity contribution in [1.29, 1.82) is 0 Å². The van der Waals surface area contributed by atoms with Crippen molar-refractivity contribution in [2.75, 3.05) is 0 Å². The standard InChI is InChI=1S/C11H8F6O.C3H8.2C2H6/c1-7(18-8-5-3-2-4-6-8)9(10(12,13)14)11(15,16)17;1-3-2;2*1-2/h2-6H,1H3;3H2,1-2H3;2*1-2H3. The van der Waals surface area contributed by atoms with Crippen LogP contribution >= 0.6 is 0 Å². The molecule has 0 amide bonds. The van der Waals surface area contributed by atoms with E-state index in [4.69, 9.17) is 0 Å². The summed E-state index contributed by atoms with van der Waals surface area (Å²) < 4.78 is 78.4. The maximum atomic E-state index is 12.3. The van der Waals surface area contributed by atoms with Crippen molar-refractivity contribution in [2.24, 2.45) is 0 Å². The number of benzene rings is 1. The van der Waals surface area contributed by atoms with Gasteiger partial charge in [-0.25, -0.2) is 0 Å². The first-order chi connectivity index (χ1) is 11.5. The summed E-state index contributed by atoms with van der Waals surface area (Å²) in [4.78, 5) is 0. The van der Waals surface area contributed by atoms with Crippen molar-refractivity contribution < 1.29 is 31.1 Å². The third-order valence-electron chi connectivity index (χ3n) is 1.93. The van der Waals surface area contributed by atoms with Crippen LogP contribution in [0.5, 0.6) is 5.75 Å². The van der Waals surface area contributed by atoms with Crippen molar-refractivity contribution in [1.82, 2.24) is 0 Å². The van der Waals surface area contributed by atoms with Crippen molar-refractivity contribution >= 4 is 0 Å². The number of halogens is 6. The molecular formula is C18H28F6O. The van der Waals surface area contributed by atoms with E-state index in [1.165, 1.54) is 30.7 Å². The van der Waals surface area contributed by atoms with Crippen LogP contribution in [0, 0.1) is 0 Å². The Bertz CT molecular complexity index is 431. The topological polar surface area (TPSA) is 9.23 Å². The second-order valence-corrected chi connectivity index (χ2v) is 4.05. The lowest BCUT2D eigenvalue weighted by Gasteiger charge is -2.18. The molecule has 25 heavy (non-hydrogen) atoms. The summed E-state index contributed by atoms with van der Waals surface area (Å²) in [6.07, 6.45) is -9.78. The van der Waals surface area contributed by atoms with Gasteiger partial charge < -0.3 is 4.74 Å². The normalized spacial score (nSPS) is 9.96. The monoisotopic (exact) mass is 374 g/mol. The zero-order chi connectivity index (χ0) is 20.7. The van der Waals surface area contributed by atoms with Crippen molar-refractivity contribution in [3.63, 3.8) is 0 Å². The van der Waals surface area contributed by atoms with Gasteiger partial charge in [-0.3, -0.25) is 0 Å². The number of alkyl halides is 6. The first-order valence-electron chi connectivity index (χ1n) is 8.12. The molecule has 148 valence electrons. The van der Waals surface area contributed by atoms with Gasteiger partial charge in [0, 0.05) is 0 Å². The van der Waals surface area contributed by atoms with Crippen LogP contribution in [-0.4, -0.2) is 12.4 Å². The lowest BCUT2D eigenvalue weighted by molar-refractivity contribution is -0.175. The third-order valence-corrected chi connectivity index (χ3v) is 1.93. The SMILES string of the molecule is CC.CC.CC(Oc1ccccc1)=C(C(F)(F)F)C(F)(F)F.CCC. The Morgan fingerprint density at radius 3 is 1.40 bits per heavy atom. The van der Waals surface area contributed by atoms with Gasteiger partial charge in [0.1, 0.15) is 11.5 Å². The fourth-order valence-corrected chi connectivity index (χ4v) is 1.28. The van der Waals surface area contributed by atoms with Crippen molar-refractivity contribution in [3.05, 3.63) is 41.7 Å². The molecule has 0 aliphatic rings. The van der Waals surface area contributed by atoms with E-state index in [0.717, 1.165) is 0 Å². The zero-order valence-corrected chi connectivity index (χ0v) is 15.8. The highest BCUT2D eigenvalue weighted by Gasteiger charge is 2.53. The van der Waals surface area contributed by atoms with Crippen LogP contribution in [0.25, 0.3) is 0 Å². The molecule has 0 atom stereocenters. The molecule has 1 aromatic carbocycles. The smallest absolute Gasteiger partial charge is 0.424 e. The second-order valence-electron chi connectivity index (χ2n) is 4.05. The Hall–Kier alpha value is -1.66. The van der Waals surface area contributed by atoms with Crippen LogP contribution < -0.4 is 4.74 Å². The summed E-state index contributed by atoms with van der Waals surface area (Å²) in [7, 11) is 0. The van der Waals surface area contributed by atoms with Crippen LogP contribution in [0.3, 0.4) is 0 Å². The van der Waals surface area contributed by atoms with Gasteiger partial charge in [0.2, 0.25) is 0 Å². The molecule has 0 saturated carbocycles. The van der Waals surface area contributed by atoms with Gasteiger partial charge in [0.25, 0.3) is 0 Å². The van der Waals surface area contributed by atoms with Gasteiger partial charge >= 0.3 is 12.4 Å². The highest BCUT2D eigenvalue weighted by molar-refractivity contribution is 5.27. The van der Waals surface area contributed by atoms with Crippen LogP contribution in [0.1, 0.15) is 54.9 Å². The van der Waals surface area contributed by atoms with Gasteiger partial charge in [0.05, 0.1) is 0 Å². The lowest BCUT2D eigenvalue weighted by atomic mass is 10.2. The Balaban J connectivity index is -0.000000605. The van der Waals surface area contributed by atoms with Gasteiger partial charge in [-0.2, -0.15) is 26.3 Å². The van der Waals surface area contributed by atoms with E-state index in [-0.39, 0.29) is 5.75 Å². The lowest BCUT2D eigenvalue weighted by Crippen LogP contribution is -2.28. The summed E-state index contributed by atoms with van der Waals surface area (Å²) in [5.74, 6) is -1.33. The number of ether oxygens (including phenoxy) is 1. The first kappa shape index (κ1) is 28.2. The van der Waals surface area contributed by atoms with E-state index in [1.54, 1.807) is 6.07 Å².